The summed E-state index contributed by atoms with van der Waals surface area (Å²) in [4.78, 5) is 0. The molecule has 60 valence electrons. The first kappa shape index (κ1) is 8.10. The van der Waals surface area contributed by atoms with E-state index in [1.165, 1.54) is 0 Å². The van der Waals surface area contributed by atoms with Crippen LogP contribution in [0.2, 0.25) is 0 Å². The van der Waals surface area contributed by atoms with E-state index in [0.717, 1.165) is 11.8 Å². The molecule has 0 bridgehead atoms. The quantitative estimate of drug-likeness (QED) is 0.484. The molecule has 0 heteroatoms. The van der Waals surface area contributed by atoms with E-state index in [0.29, 0.717) is 10.8 Å². The predicted molar refractivity (Wildman–Crippen MR) is 45.9 cm³/mol. The second-order valence-electron chi connectivity index (χ2n) is 5.45. The molecule has 0 aromatic heterocycles. The van der Waals surface area contributed by atoms with Crippen molar-refractivity contribution >= 4 is 0 Å². The predicted octanol–water partition coefficient (Wildman–Crippen LogP) is 3.32. The van der Waals surface area contributed by atoms with E-state index in [2.05, 4.69) is 41.5 Å². The number of hydrogen-bond donors (Lipinski definition) is 0. The van der Waals surface area contributed by atoms with Crippen LogP contribution >= 0.6 is 0 Å². The van der Waals surface area contributed by atoms with Gasteiger partial charge in [0, 0.05) is 0 Å². The lowest BCUT2D eigenvalue weighted by atomic mass is 9.86. The zero-order chi connectivity index (χ0) is 8.15. The van der Waals surface area contributed by atoms with Crippen LogP contribution in [0.3, 0.4) is 0 Å². The minimum atomic E-state index is 0.517. The van der Waals surface area contributed by atoms with Crippen LogP contribution in [0.25, 0.3) is 0 Å². The van der Waals surface area contributed by atoms with Gasteiger partial charge in [0.05, 0.1) is 0 Å². The Morgan fingerprint density at radius 2 is 1.40 bits per heavy atom. The molecule has 0 nitrogen and oxygen atoms in total. The largest absolute Gasteiger partial charge is 0.0617 e. The summed E-state index contributed by atoms with van der Waals surface area (Å²) in [6, 6.07) is 0. The Morgan fingerprint density at radius 3 is 1.40 bits per heavy atom. The van der Waals surface area contributed by atoms with Crippen molar-refractivity contribution in [2.75, 3.05) is 0 Å². The SMILES string of the molecule is CC1C(C(C)(C)C)C1(C)C. The Kier molecular flexibility index (Phi) is 1.44. The number of hydrogen-bond acceptors (Lipinski definition) is 0. The highest BCUT2D eigenvalue weighted by Gasteiger charge is 2.59. The van der Waals surface area contributed by atoms with E-state index in [9.17, 15) is 0 Å². The molecule has 0 N–H and O–H groups in total. The zero-order valence-electron chi connectivity index (χ0n) is 8.15. The maximum Gasteiger partial charge on any atom is -0.0280 e. The fraction of sp³-hybridized carbons (Fsp3) is 1.00. The van der Waals surface area contributed by atoms with Crippen LogP contribution in [0.4, 0.5) is 0 Å². The summed E-state index contributed by atoms with van der Waals surface area (Å²) in [7, 11) is 0. The molecule has 0 aromatic rings. The normalized spacial score (nSPS) is 37.8. The van der Waals surface area contributed by atoms with Crippen molar-refractivity contribution in [2.45, 2.75) is 41.5 Å². The third-order valence-electron chi connectivity index (χ3n) is 3.30. The fourth-order valence-corrected chi connectivity index (χ4v) is 2.76. The van der Waals surface area contributed by atoms with Gasteiger partial charge in [0.2, 0.25) is 0 Å². The van der Waals surface area contributed by atoms with Gasteiger partial charge in [0.15, 0.2) is 0 Å². The molecule has 1 fully saturated rings. The molecular weight excluding hydrogens is 120 g/mol. The Morgan fingerprint density at radius 1 is 1.10 bits per heavy atom. The first-order chi connectivity index (χ1) is 4.28. The monoisotopic (exact) mass is 140 g/mol. The van der Waals surface area contributed by atoms with E-state index < -0.39 is 0 Å². The highest BCUT2D eigenvalue weighted by molar-refractivity contribution is 5.07. The summed E-state index contributed by atoms with van der Waals surface area (Å²) >= 11 is 0. The molecule has 2 atom stereocenters. The van der Waals surface area contributed by atoms with Gasteiger partial charge < -0.3 is 0 Å². The Hall–Kier alpha value is 0. The van der Waals surface area contributed by atoms with Crippen LogP contribution in [0.5, 0.6) is 0 Å². The van der Waals surface area contributed by atoms with Gasteiger partial charge in [-0.25, -0.2) is 0 Å². The molecule has 1 saturated carbocycles. The lowest BCUT2D eigenvalue weighted by Gasteiger charge is -2.20. The molecule has 0 heterocycles. The van der Waals surface area contributed by atoms with E-state index in [4.69, 9.17) is 0 Å². The lowest BCUT2D eigenvalue weighted by molar-refractivity contribution is 0.297. The maximum absolute atomic E-state index is 2.38. The Labute approximate surface area is 65.0 Å². The molecule has 1 rings (SSSR count). The maximum atomic E-state index is 2.38. The van der Waals surface area contributed by atoms with Crippen LogP contribution in [0.15, 0.2) is 0 Å². The standard InChI is InChI=1S/C10H20/c1-7-8(9(2,3)4)10(7,5)6/h7-8H,1-6H3. The lowest BCUT2D eigenvalue weighted by Crippen LogP contribution is -2.12. The van der Waals surface area contributed by atoms with E-state index >= 15 is 0 Å². The van der Waals surface area contributed by atoms with Gasteiger partial charge in [-0.05, 0) is 22.7 Å². The smallest absolute Gasteiger partial charge is 0.0280 e. The van der Waals surface area contributed by atoms with Crippen LogP contribution < -0.4 is 0 Å². The van der Waals surface area contributed by atoms with E-state index in [1.807, 2.05) is 0 Å². The summed E-state index contributed by atoms with van der Waals surface area (Å²) in [5, 5.41) is 0. The summed E-state index contributed by atoms with van der Waals surface area (Å²) in [6.45, 7) is 14.2. The van der Waals surface area contributed by atoms with Gasteiger partial charge in [-0.15, -0.1) is 0 Å². The molecule has 0 amide bonds. The van der Waals surface area contributed by atoms with Crippen molar-refractivity contribution < 1.29 is 0 Å². The first-order valence-corrected chi connectivity index (χ1v) is 4.28. The molecule has 1 aliphatic rings. The topological polar surface area (TPSA) is 0 Å². The van der Waals surface area contributed by atoms with Crippen molar-refractivity contribution in [3.8, 4) is 0 Å². The van der Waals surface area contributed by atoms with Crippen molar-refractivity contribution in [2.24, 2.45) is 22.7 Å². The van der Waals surface area contributed by atoms with Crippen LogP contribution in [0.1, 0.15) is 41.5 Å². The highest BCUT2D eigenvalue weighted by Crippen LogP contribution is 2.65. The van der Waals surface area contributed by atoms with Crippen molar-refractivity contribution in [3.05, 3.63) is 0 Å². The highest BCUT2D eigenvalue weighted by atomic mass is 14.6. The van der Waals surface area contributed by atoms with Crippen molar-refractivity contribution in [1.82, 2.24) is 0 Å². The molecule has 0 aromatic carbocycles. The van der Waals surface area contributed by atoms with E-state index in [-0.39, 0.29) is 0 Å². The molecule has 0 aliphatic heterocycles. The zero-order valence-corrected chi connectivity index (χ0v) is 8.15. The fourth-order valence-electron chi connectivity index (χ4n) is 2.76. The van der Waals surface area contributed by atoms with Crippen LogP contribution in [0, 0.1) is 22.7 Å². The van der Waals surface area contributed by atoms with Crippen molar-refractivity contribution in [3.63, 3.8) is 0 Å². The Bertz CT molecular complexity index is 127. The van der Waals surface area contributed by atoms with E-state index in [1.54, 1.807) is 0 Å². The summed E-state index contributed by atoms with van der Waals surface area (Å²) < 4.78 is 0. The molecule has 1 aliphatic carbocycles. The van der Waals surface area contributed by atoms with Crippen LogP contribution in [-0.2, 0) is 0 Å². The molecule has 0 spiro atoms. The van der Waals surface area contributed by atoms with Crippen LogP contribution in [-0.4, -0.2) is 0 Å². The first-order valence-electron chi connectivity index (χ1n) is 4.28. The van der Waals surface area contributed by atoms with Gasteiger partial charge in [-0.2, -0.15) is 0 Å². The summed E-state index contributed by atoms with van der Waals surface area (Å²) in [5.41, 5.74) is 1.13. The van der Waals surface area contributed by atoms with Crippen molar-refractivity contribution in [1.29, 1.82) is 0 Å². The average Bonchev–Trinajstić information content (AvgIpc) is 2.03. The third kappa shape index (κ3) is 0.980. The summed E-state index contributed by atoms with van der Waals surface area (Å²) in [6.07, 6.45) is 0. The summed E-state index contributed by atoms with van der Waals surface area (Å²) in [5.74, 6) is 1.85. The van der Waals surface area contributed by atoms with Gasteiger partial charge in [0.1, 0.15) is 0 Å². The van der Waals surface area contributed by atoms with Gasteiger partial charge in [0.25, 0.3) is 0 Å². The number of rotatable bonds is 0. The molecule has 0 radical (unpaired) electrons. The second-order valence-corrected chi connectivity index (χ2v) is 5.45. The third-order valence-corrected chi connectivity index (χ3v) is 3.30. The minimum Gasteiger partial charge on any atom is -0.0617 e. The van der Waals surface area contributed by atoms with Gasteiger partial charge in [-0.1, -0.05) is 41.5 Å². The average molecular weight is 140 g/mol. The molecule has 0 saturated heterocycles. The molecule has 2 unspecified atom stereocenters. The van der Waals surface area contributed by atoms with Gasteiger partial charge in [-0.3, -0.25) is 0 Å². The van der Waals surface area contributed by atoms with Gasteiger partial charge >= 0.3 is 0 Å². The minimum absolute atomic E-state index is 0.517. The second kappa shape index (κ2) is 1.78. The Balaban J connectivity index is 2.66. The molecular formula is C10H20. The molecule has 10 heavy (non-hydrogen) atoms.